The van der Waals surface area contributed by atoms with E-state index in [9.17, 15) is 4.79 Å². The molecule has 0 atom stereocenters. The summed E-state index contributed by atoms with van der Waals surface area (Å²) in [6, 6.07) is 0. The predicted molar refractivity (Wildman–Crippen MR) is 51.7 cm³/mol. The van der Waals surface area contributed by atoms with Gasteiger partial charge in [0, 0.05) is 18.9 Å². The average Bonchev–Trinajstić information content (AvgIpc) is 1.75. The van der Waals surface area contributed by atoms with Crippen LogP contribution in [0.4, 0.5) is 4.79 Å². The van der Waals surface area contributed by atoms with Gasteiger partial charge in [-0.25, -0.2) is 4.79 Å². The lowest BCUT2D eigenvalue weighted by atomic mass is 9.68. The number of ether oxygens (including phenoxy) is 1. The molecule has 1 heterocycles. The first-order chi connectivity index (χ1) is 6.29. The standard InChI is InChI=1S/C8H16BNO4/c1-8(2,3)14-7(11)10-4-6(5-10)9(12)13/h6,12-13H,4-5H2,1-3H3. The highest BCUT2D eigenvalue weighted by molar-refractivity contribution is 6.43. The number of amides is 1. The lowest BCUT2D eigenvalue weighted by molar-refractivity contribution is 0.0112. The van der Waals surface area contributed by atoms with Gasteiger partial charge in [-0.1, -0.05) is 0 Å². The zero-order valence-electron chi connectivity index (χ0n) is 8.73. The van der Waals surface area contributed by atoms with Gasteiger partial charge in [-0.05, 0) is 20.8 Å². The van der Waals surface area contributed by atoms with Crippen LogP contribution < -0.4 is 0 Å². The van der Waals surface area contributed by atoms with Crippen LogP contribution in [0.1, 0.15) is 20.8 Å². The fourth-order valence-electron chi connectivity index (χ4n) is 1.18. The second kappa shape index (κ2) is 3.78. The molecule has 5 nitrogen and oxygen atoms in total. The first kappa shape index (κ1) is 11.3. The van der Waals surface area contributed by atoms with Gasteiger partial charge in [-0.15, -0.1) is 0 Å². The zero-order chi connectivity index (χ0) is 10.9. The number of hydrogen-bond acceptors (Lipinski definition) is 4. The van der Waals surface area contributed by atoms with Crippen LogP contribution in [0, 0.1) is 0 Å². The molecule has 1 saturated heterocycles. The smallest absolute Gasteiger partial charge is 0.444 e. The van der Waals surface area contributed by atoms with E-state index >= 15 is 0 Å². The summed E-state index contributed by atoms with van der Waals surface area (Å²) in [7, 11) is -1.34. The van der Waals surface area contributed by atoms with Gasteiger partial charge in [0.2, 0.25) is 0 Å². The summed E-state index contributed by atoms with van der Waals surface area (Å²) in [5.74, 6) is -0.234. The van der Waals surface area contributed by atoms with E-state index in [-0.39, 0.29) is 5.82 Å². The lowest BCUT2D eigenvalue weighted by Crippen LogP contribution is -2.53. The van der Waals surface area contributed by atoms with Crippen LogP contribution in [0.2, 0.25) is 5.82 Å². The molecule has 1 aliphatic heterocycles. The molecule has 1 rings (SSSR count). The summed E-state index contributed by atoms with van der Waals surface area (Å²) in [5, 5.41) is 17.6. The number of nitrogens with zero attached hydrogens (tertiary/aromatic N) is 1. The van der Waals surface area contributed by atoms with E-state index in [0.717, 1.165) is 0 Å². The lowest BCUT2D eigenvalue weighted by Gasteiger charge is -2.39. The normalized spacial score (nSPS) is 17.6. The Morgan fingerprint density at radius 2 is 1.93 bits per heavy atom. The van der Waals surface area contributed by atoms with Gasteiger partial charge in [-0.3, -0.25) is 0 Å². The molecule has 0 aromatic heterocycles. The predicted octanol–water partition coefficient (Wildman–Crippen LogP) is 0.0801. The van der Waals surface area contributed by atoms with Gasteiger partial charge in [0.05, 0.1) is 0 Å². The minimum absolute atomic E-state index is 0.234. The average molecular weight is 201 g/mol. The van der Waals surface area contributed by atoms with Crippen LogP contribution in [0.3, 0.4) is 0 Å². The van der Waals surface area contributed by atoms with Crippen LogP contribution in [0.25, 0.3) is 0 Å². The Balaban J connectivity index is 2.30. The minimum atomic E-state index is -1.34. The Bertz CT molecular complexity index is 220. The van der Waals surface area contributed by atoms with Crippen molar-refractivity contribution in [1.82, 2.24) is 4.90 Å². The summed E-state index contributed by atoms with van der Waals surface area (Å²) >= 11 is 0. The van der Waals surface area contributed by atoms with Gasteiger partial charge in [0.15, 0.2) is 0 Å². The number of carbonyl (C=O) groups excluding carboxylic acids is 1. The monoisotopic (exact) mass is 201 g/mol. The van der Waals surface area contributed by atoms with E-state index in [1.165, 1.54) is 4.90 Å². The Morgan fingerprint density at radius 1 is 1.43 bits per heavy atom. The van der Waals surface area contributed by atoms with Crippen molar-refractivity contribution in [1.29, 1.82) is 0 Å². The van der Waals surface area contributed by atoms with Crippen molar-refractivity contribution in [3.63, 3.8) is 0 Å². The molecule has 0 aromatic carbocycles. The molecule has 1 fully saturated rings. The highest BCUT2D eigenvalue weighted by Crippen LogP contribution is 2.24. The summed E-state index contributed by atoms with van der Waals surface area (Å²) in [5.41, 5.74) is -0.500. The van der Waals surface area contributed by atoms with Gasteiger partial charge >= 0.3 is 13.2 Å². The van der Waals surface area contributed by atoms with Crippen LogP contribution >= 0.6 is 0 Å². The maximum atomic E-state index is 11.3. The van der Waals surface area contributed by atoms with Crippen molar-refractivity contribution in [3.8, 4) is 0 Å². The third-order valence-corrected chi connectivity index (χ3v) is 1.98. The Kier molecular flexibility index (Phi) is 3.06. The number of carbonyl (C=O) groups is 1. The molecule has 0 saturated carbocycles. The highest BCUT2D eigenvalue weighted by Gasteiger charge is 2.39. The zero-order valence-corrected chi connectivity index (χ0v) is 8.73. The molecule has 0 spiro atoms. The van der Waals surface area contributed by atoms with Crippen LogP contribution in [0.15, 0.2) is 0 Å². The van der Waals surface area contributed by atoms with Crippen molar-refractivity contribution in [2.75, 3.05) is 13.1 Å². The third kappa shape index (κ3) is 2.89. The van der Waals surface area contributed by atoms with Crippen molar-refractivity contribution < 1.29 is 19.6 Å². The molecule has 0 unspecified atom stereocenters. The summed E-state index contributed by atoms with van der Waals surface area (Å²) in [6.07, 6.45) is -0.394. The Morgan fingerprint density at radius 3 is 2.29 bits per heavy atom. The highest BCUT2D eigenvalue weighted by atomic mass is 16.6. The largest absolute Gasteiger partial charge is 0.458 e. The Hall–Kier alpha value is -0.745. The topological polar surface area (TPSA) is 70.0 Å². The van der Waals surface area contributed by atoms with Crippen LogP contribution in [-0.2, 0) is 4.74 Å². The third-order valence-electron chi connectivity index (χ3n) is 1.98. The molecule has 6 heteroatoms. The minimum Gasteiger partial charge on any atom is -0.444 e. The van der Waals surface area contributed by atoms with Crippen molar-refractivity contribution >= 4 is 13.2 Å². The molecule has 14 heavy (non-hydrogen) atoms. The summed E-state index contributed by atoms with van der Waals surface area (Å²) < 4.78 is 5.09. The van der Waals surface area contributed by atoms with E-state index in [1.807, 2.05) is 0 Å². The van der Waals surface area contributed by atoms with Gasteiger partial charge < -0.3 is 19.7 Å². The van der Waals surface area contributed by atoms with Crippen LogP contribution in [0.5, 0.6) is 0 Å². The molecule has 80 valence electrons. The molecule has 1 amide bonds. The molecule has 1 aliphatic rings. The SMILES string of the molecule is CC(C)(C)OC(=O)N1CC(B(O)O)C1. The molecular weight excluding hydrogens is 185 g/mol. The Labute approximate surface area is 83.8 Å². The van der Waals surface area contributed by atoms with Gasteiger partial charge in [0.25, 0.3) is 0 Å². The fraction of sp³-hybridized carbons (Fsp3) is 0.875. The molecule has 0 aliphatic carbocycles. The maximum absolute atomic E-state index is 11.3. The quantitative estimate of drug-likeness (QED) is 0.589. The summed E-state index contributed by atoms with van der Waals surface area (Å²) in [4.78, 5) is 12.8. The molecule has 0 bridgehead atoms. The molecule has 0 aromatic rings. The van der Waals surface area contributed by atoms with E-state index in [1.54, 1.807) is 20.8 Å². The summed E-state index contributed by atoms with van der Waals surface area (Å²) in [6.45, 7) is 6.09. The molecule has 0 radical (unpaired) electrons. The molecular formula is C8H16BNO4. The number of likely N-dealkylation sites (tertiary alicyclic amines) is 1. The second-order valence-corrected chi connectivity index (χ2v) is 4.56. The van der Waals surface area contributed by atoms with Crippen molar-refractivity contribution in [2.45, 2.75) is 32.2 Å². The number of hydrogen-bond donors (Lipinski definition) is 2. The van der Waals surface area contributed by atoms with E-state index in [2.05, 4.69) is 0 Å². The first-order valence-corrected chi connectivity index (χ1v) is 4.63. The first-order valence-electron chi connectivity index (χ1n) is 4.63. The van der Waals surface area contributed by atoms with Gasteiger partial charge in [-0.2, -0.15) is 0 Å². The van der Waals surface area contributed by atoms with Crippen molar-refractivity contribution in [3.05, 3.63) is 0 Å². The van der Waals surface area contributed by atoms with E-state index in [4.69, 9.17) is 14.8 Å². The number of rotatable bonds is 1. The maximum Gasteiger partial charge on any atom is 0.458 e. The van der Waals surface area contributed by atoms with E-state index < -0.39 is 18.8 Å². The second-order valence-electron chi connectivity index (χ2n) is 4.56. The van der Waals surface area contributed by atoms with Crippen LogP contribution in [-0.4, -0.2) is 46.9 Å². The molecule has 2 N–H and O–H groups in total. The fourth-order valence-corrected chi connectivity index (χ4v) is 1.18. The van der Waals surface area contributed by atoms with Crippen molar-refractivity contribution in [2.24, 2.45) is 0 Å². The van der Waals surface area contributed by atoms with E-state index in [0.29, 0.717) is 13.1 Å². The van der Waals surface area contributed by atoms with Gasteiger partial charge in [0.1, 0.15) is 5.60 Å².